The number of hydrogen-bond acceptors (Lipinski definition) is 4. The first-order chi connectivity index (χ1) is 11.4. The van der Waals surface area contributed by atoms with Crippen LogP contribution in [0.3, 0.4) is 0 Å². The van der Waals surface area contributed by atoms with E-state index in [1.165, 1.54) is 11.8 Å². The van der Waals surface area contributed by atoms with Crippen LogP contribution in [0.4, 0.5) is 0 Å². The maximum absolute atomic E-state index is 12.1. The molecule has 0 aliphatic carbocycles. The number of likely N-dealkylation sites (N-methyl/N-ethyl adjacent to an activating group) is 1. The van der Waals surface area contributed by atoms with E-state index in [0.29, 0.717) is 6.54 Å². The van der Waals surface area contributed by atoms with E-state index < -0.39 is 11.2 Å². The number of aromatic nitrogens is 2. The van der Waals surface area contributed by atoms with Gasteiger partial charge in [0.15, 0.2) is 0 Å². The predicted octanol–water partition coefficient (Wildman–Crippen LogP) is 0.333. The summed E-state index contributed by atoms with van der Waals surface area (Å²) in [7, 11) is 3.90. The number of aromatic amines is 2. The molecule has 1 unspecified atom stereocenters. The fourth-order valence-electron chi connectivity index (χ4n) is 2.40. The number of nitrogens with one attached hydrogen (secondary N) is 3. The Labute approximate surface area is 139 Å². The molecule has 0 radical (unpaired) electrons. The molecule has 1 atom stereocenters. The molecule has 0 bridgehead atoms. The summed E-state index contributed by atoms with van der Waals surface area (Å²) in [5.74, 6) is -0.272. The maximum Gasteiger partial charge on any atom is 0.325 e. The van der Waals surface area contributed by atoms with Gasteiger partial charge in [0, 0.05) is 18.3 Å². The Balaban J connectivity index is 2.01. The van der Waals surface area contributed by atoms with Gasteiger partial charge in [0.1, 0.15) is 0 Å². The number of carbonyl (C=O) groups excluding carboxylic acids is 1. The van der Waals surface area contributed by atoms with Crippen LogP contribution >= 0.6 is 0 Å². The third-order valence-corrected chi connectivity index (χ3v) is 3.83. The van der Waals surface area contributed by atoms with Gasteiger partial charge >= 0.3 is 5.69 Å². The first-order valence-electron chi connectivity index (χ1n) is 7.67. The fraction of sp³-hybridized carbons (Fsp3) is 0.353. The second-order valence-electron chi connectivity index (χ2n) is 5.97. The molecule has 1 heterocycles. The molecule has 0 spiro atoms. The molecule has 0 aliphatic rings. The number of amides is 1. The van der Waals surface area contributed by atoms with Gasteiger partial charge < -0.3 is 15.2 Å². The third kappa shape index (κ3) is 4.66. The normalized spacial score (nSPS) is 12.2. The Bertz CT molecular complexity index is 806. The molecule has 2 aromatic rings. The highest BCUT2D eigenvalue weighted by Gasteiger charge is 2.16. The predicted molar refractivity (Wildman–Crippen MR) is 92.0 cm³/mol. The van der Waals surface area contributed by atoms with Gasteiger partial charge in [-0.15, -0.1) is 0 Å². The summed E-state index contributed by atoms with van der Waals surface area (Å²) in [4.78, 5) is 41.2. The van der Waals surface area contributed by atoms with E-state index in [0.717, 1.165) is 5.56 Å². The maximum atomic E-state index is 12.1. The molecular weight excluding hydrogens is 308 g/mol. The highest BCUT2D eigenvalue weighted by molar-refractivity contribution is 5.78. The van der Waals surface area contributed by atoms with Crippen LogP contribution < -0.4 is 16.6 Å². The SMILES string of the molecule is Cc1ccc(C(CNC(=O)Cc2c[nH]c(=O)[nH]c2=O)N(C)C)cc1. The number of nitrogens with zero attached hydrogens (tertiary/aromatic N) is 1. The Morgan fingerprint density at radius 2 is 1.88 bits per heavy atom. The Morgan fingerprint density at radius 3 is 2.46 bits per heavy atom. The number of hydrogen-bond donors (Lipinski definition) is 3. The monoisotopic (exact) mass is 330 g/mol. The van der Waals surface area contributed by atoms with Crippen LogP contribution in [0.2, 0.25) is 0 Å². The van der Waals surface area contributed by atoms with E-state index in [1.54, 1.807) is 0 Å². The lowest BCUT2D eigenvalue weighted by molar-refractivity contribution is -0.120. The van der Waals surface area contributed by atoms with Gasteiger partial charge in [-0.3, -0.25) is 14.6 Å². The molecule has 7 nitrogen and oxygen atoms in total. The van der Waals surface area contributed by atoms with Crippen molar-refractivity contribution in [1.29, 1.82) is 0 Å². The first kappa shape index (κ1) is 17.7. The van der Waals surface area contributed by atoms with Crippen molar-refractivity contribution in [2.75, 3.05) is 20.6 Å². The number of rotatable bonds is 6. The molecule has 2 rings (SSSR count). The van der Waals surface area contributed by atoms with Crippen LogP contribution in [-0.2, 0) is 11.2 Å². The summed E-state index contributed by atoms with van der Waals surface area (Å²) < 4.78 is 0. The molecule has 24 heavy (non-hydrogen) atoms. The van der Waals surface area contributed by atoms with E-state index in [-0.39, 0.29) is 23.9 Å². The van der Waals surface area contributed by atoms with Crippen molar-refractivity contribution in [3.63, 3.8) is 0 Å². The van der Waals surface area contributed by atoms with Crippen molar-refractivity contribution in [2.45, 2.75) is 19.4 Å². The summed E-state index contributed by atoms with van der Waals surface area (Å²) >= 11 is 0. The topological polar surface area (TPSA) is 98.1 Å². The second kappa shape index (κ2) is 7.74. The molecule has 7 heteroatoms. The van der Waals surface area contributed by atoms with Gasteiger partial charge in [-0.25, -0.2) is 4.79 Å². The molecule has 128 valence electrons. The van der Waals surface area contributed by atoms with Crippen molar-refractivity contribution in [3.05, 3.63) is 68.0 Å². The van der Waals surface area contributed by atoms with Gasteiger partial charge in [0.2, 0.25) is 5.91 Å². The molecule has 1 aromatic heterocycles. The van der Waals surface area contributed by atoms with E-state index in [2.05, 4.69) is 15.3 Å². The van der Waals surface area contributed by atoms with E-state index in [4.69, 9.17) is 0 Å². The lowest BCUT2D eigenvalue weighted by Crippen LogP contribution is -2.36. The molecule has 0 fully saturated rings. The molecular formula is C17H22N4O3. The number of carbonyl (C=O) groups is 1. The first-order valence-corrected chi connectivity index (χ1v) is 7.67. The Morgan fingerprint density at radius 1 is 1.21 bits per heavy atom. The van der Waals surface area contributed by atoms with E-state index >= 15 is 0 Å². The summed E-state index contributed by atoms with van der Waals surface area (Å²) in [5, 5.41) is 2.84. The minimum absolute atomic E-state index is 0.0309. The smallest absolute Gasteiger partial charge is 0.325 e. The summed E-state index contributed by atoms with van der Waals surface area (Å²) in [6.07, 6.45) is 1.18. The number of benzene rings is 1. The van der Waals surface area contributed by atoms with Crippen molar-refractivity contribution in [2.24, 2.45) is 0 Å². The molecule has 0 saturated carbocycles. The molecule has 1 aromatic carbocycles. The molecule has 3 N–H and O–H groups in total. The molecule has 0 aliphatic heterocycles. The lowest BCUT2D eigenvalue weighted by Gasteiger charge is -2.25. The highest BCUT2D eigenvalue weighted by Crippen LogP contribution is 2.17. The largest absolute Gasteiger partial charge is 0.354 e. The van der Waals surface area contributed by atoms with Crippen LogP contribution in [0.1, 0.15) is 22.7 Å². The number of H-pyrrole nitrogens is 2. The lowest BCUT2D eigenvalue weighted by atomic mass is 10.0. The van der Waals surface area contributed by atoms with Crippen LogP contribution in [0.25, 0.3) is 0 Å². The quantitative estimate of drug-likeness (QED) is 0.711. The van der Waals surface area contributed by atoms with Crippen molar-refractivity contribution < 1.29 is 4.79 Å². The van der Waals surface area contributed by atoms with Gasteiger partial charge in [0.25, 0.3) is 5.56 Å². The van der Waals surface area contributed by atoms with E-state index in [9.17, 15) is 14.4 Å². The van der Waals surface area contributed by atoms with Crippen molar-refractivity contribution in [1.82, 2.24) is 20.2 Å². The van der Waals surface area contributed by atoms with Crippen molar-refractivity contribution in [3.8, 4) is 0 Å². The van der Waals surface area contributed by atoms with Gasteiger partial charge in [-0.05, 0) is 26.6 Å². The zero-order valence-corrected chi connectivity index (χ0v) is 14.1. The average Bonchev–Trinajstić information content (AvgIpc) is 2.52. The Hall–Kier alpha value is -2.67. The van der Waals surface area contributed by atoms with Gasteiger partial charge in [-0.2, -0.15) is 0 Å². The van der Waals surface area contributed by atoms with Crippen LogP contribution in [0.5, 0.6) is 0 Å². The van der Waals surface area contributed by atoms with Crippen molar-refractivity contribution >= 4 is 5.91 Å². The highest BCUT2D eigenvalue weighted by atomic mass is 16.2. The summed E-state index contributed by atoms with van der Waals surface area (Å²) in [6.45, 7) is 2.45. The molecule has 0 saturated heterocycles. The average molecular weight is 330 g/mol. The van der Waals surface area contributed by atoms with E-state index in [1.807, 2.05) is 50.2 Å². The fourth-order valence-corrected chi connectivity index (χ4v) is 2.40. The third-order valence-electron chi connectivity index (χ3n) is 3.83. The minimum Gasteiger partial charge on any atom is -0.354 e. The number of aryl methyl sites for hydroxylation is 1. The standard InChI is InChI=1S/C17H22N4O3/c1-11-4-6-12(7-5-11)14(21(2)3)10-18-15(22)8-13-9-19-17(24)20-16(13)23/h4-7,9,14H,8,10H2,1-3H3,(H,18,22)(H2,19,20,23,24). The van der Waals surface area contributed by atoms with Gasteiger partial charge in [-0.1, -0.05) is 29.8 Å². The summed E-state index contributed by atoms with van der Waals surface area (Å²) in [6, 6.07) is 8.18. The van der Waals surface area contributed by atoms with Crippen LogP contribution in [-0.4, -0.2) is 41.4 Å². The van der Waals surface area contributed by atoms with Crippen LogP contribution in [0.15, 0.2) is 40.1 Å². The second-order valence-corrected chi connectivity index (χ2v) is 5.97. The van der Waals surface area contributed by atoms with Crippen LogP contribution in [0, 0.1) is 6.92 Å². The minimum atomic E-state index is -0.587. The molecule has 1 amide bonds. The Kier molecular flexibility index (Phi) is 5.70. The zero-order chi connectivity index (χ0) is 17.7. The van der Waals surface area contributed by atoms with Gasteiger partial charge in [0.05, 0.1) is 12.5 Å². The zero-order valence-electron chi connectivity index (χ0n) is 14.1. The summed E-state index contributed by atoms with van der Waals surface area (Å²) in [5.41, 5.74) is 1.38.